The number of rotatable bonds is 3. The molecule has 1 amide bonds. The smallest absolute Gasteiger partial charge is 0.222 e. The summed E-state index contributed by atoms with van der Waals surface area (Å²) in [6.07, 6.45) is 1.83. The molecule has 1 heterocycles. The van der Waals surface area contributed by atoms with Crippen molar-refractivity contribution >= 4 is 23.2 Å². The minimum Gasteiger partial charge on any atom is -0.369 e. The predicted molar refractivity (Wildman–Crippen MR) is 79.4 cm³/mol. The van der Waals surface area contributed by atoms with Gasteiger partial charge in [0.2, 0.25) is 5.91 Å². The first-order valence-corrected chi connectivity index (χ1v) is 6.93. The van der Waals surface area contributed by atoms with Crippen LogP contribution in [-0.4, -0.2) is 29.0 Å². The van der Waals surface area contributed by atoms with Crippen LogP contribution in [0.1, 0.15) is 18.4 Å². The highest BCUT2D eigenvalue weighted by atomic mass is 32.1. The summed E-state index contributed by atoms with van der Waals surface area (Å²) >= 11 is 5.38. The molecule has 0 unspecified atom stereocenters. The van der Waals surface area contributed by atoms with Gasteiger partial charge in [-0.3, -0.25) is 4.79 Å². The fourth-order valence-electron chi connectivity index (χ4n) is 2.28. The molecule has 5 heteroatoms. The monoisotopic (exact) mass is 277 g/mol. The van der Waals surface area contributed by atoms with E-state index in [1.54, 1.807) is 0 Å². The number of likely N-dealkylation sites (tertiary alicyclic amines) is 1. The predicted octanol–water partition coefficient (Wildman–Crippen LogP) is 1.26. The SMILES string of the molecule is NC(=O)[C@H]1CCCN(C(=S)NCc2ccccc2)C1. The second kappa shape index (κ2) is 6.52. The summed E-state index contributed by atoms with van der Waals surface area (Å²) < 4.78 is 0. The molecule has 2 rings (SSSR count). The molecule has 0 radical (unpaired) electrons. The lowest BCUT2D eigenvalue weighted by Gasteiger charge is -2.33. The van der Waals surface area contributed by atoms with E-state index in [2.05, 4.69) is 17.4 Å². The molecule has 1 aliphatic heterocycles. The third kappa shape index (κ3) is 3.92. The summed E-state index contributed by atoms with van der Waals surface area (Å²) in [5.41, 5.74) is 6.55. The Hall–Kier alpha value is -1.62. The second-order valence-corrected chi connectivity index (χ2v) is 5.22. The molecule has 0 aliphatic carbocycles. The van der Waals surface area contributed by atoms with Gasteiger partial charge in [0.05, 0.1) is 5.92 Å². The Morgan fingerprint density at radius 2 is 2.16 bits per heavy atom. The summed E-state index contributed by atoms with van der Waals surface area (Å²) in [7, 11) is 0. The van der Waals surface area contributed by atoms with Gasteiger partial charge in [-0.05, 0) is 30.6 Å². The number of thiocarbonyl (C=S) groups is 1. The molecule has 1 aliphatic rings. The van der Waals surface area contributed by atoms with Crippen LogP contribution < -0.4 is 11.1 Å². The van der Waals surface area contributed by atoms with Crippen molar-refractivity contribution in [2.75, 3.05) is 13.1 Å². The van der Waals surface area contributed by atoms with Crippen molar-refractivity contribution in [3.8, 4) is 0 Å². The third-order valence-corrected chi connectivity index (χ3v) is 3.80. The van der Waals surface area contributed by atoms with Gasteiger partial charge in [0, 0.05) is 19.6 Å². The first kappa shape index (κ1) is 13.8. The number of nitrogens with two attached hydrogens (primary N) is 1. The summed E-state index contributed by atoms with van der Waals surface area (Å²) in [5, 5.41) is 3.94. The molecule has 0 saturated carbocycles. The maximum absolute atomic E-state index is 11.2. The largest absolute Gasteiger partial charge is 0.369 e. The average Bonchev–Trinajstić information content (AvgIpc) is 2.46. The van der Waals surface area contributed by atoms with Crippen LogP contribution in [0.3, 0.4) is 0 Å². The minimum atomic E-state index is -0.226. The maximum Gasteiger partial charge on any atom is 0.222 e. The van der Waals surface area contributed by atoms with Crippen molar-refractivity contribution in [1.82, 2.24) is 10.2 Å². The lowest BCUT2D eigenvalue weighted by Crippen LogP contribution is -2.47. The van der Waals surface area contributed by atoms with Crippen LogP contribution in [0.2, 0.25) is 0 Å². The van der Waals surface area contributed by atoms with Crippen LogP contribution in [0.4, 0.5) is 0 Å². The molecule has 3 N–H and O–H groups in total. The van der Waals surface area contributed by atoms with Crippen molar-refractivity contribution in [3.63, 3.8) is 0 Å². The lowest BCUT2D eigenvalue weighted by molar-refractivity contribution is -0.122. The molecular formula is C14H19N3OS. The van der Waals surface area contributed by atoms with Crippen molar-refractivity contribution in [3.05, 3.63) is 35.9 Å². The highest BCUT2D eigenvalue weighted by Gasteiger charge is 2.25. The van der Waals surface area contributed by atoms with Crippen LogP contribution in [0.5, 0.6) is 0 Å². The van der Waals surface area contributed by atoms with E-state index in [1.165, 1.54) is 5.56 Å². The Kier molecular flexibility index (Phi) is 4.74. The van der Waals surface area contributed by atoms with Crippen molar-refractivity contribution in [1.29, 1.82) is 0 Å². The Morgan fingerprint density at radius 3 is 2.84 bits per heavy atom. The zero-order valence-electron chi connectivity index (χ0n) is 10.8. The number of hydrogen-bond acceptors (Lipinski definition) is 2. The number of amides is 1. The topological polar surface area (TPSA) is 58.4 Å². The zero-order chi connectivity index (χ0) is 13.7. The van der Waals surface area contributed by atoms with E-state index in [4.69, 9.17) is 18.0 Å². The van der Waals surface area contributed by atoms with Crippen molar-refractivity contribution in [2.24, 2.45) is 11.7 Å². The highest BCUT2D eigenvalue weighted by Crippen LogP contribution is 2.16. The minimum absolute atomic E-state index is 0.0785. The molecule has 0 bridgehead atoms. The fraction of sp³-hybridized carbons (Fsp3) is 0.429. The molecule has 0 spiro atoms. The van der Waals surface area contributed by atoms with Crippen LogP contribution in [-0.2, 0) is 11.3 Å². The number of hydrogen-bond donors (Lipinski definition) is 2. The number of benzene rings is 1. The van der Waals surface area contributed by atoms with Gasteiger partial charge >= 0.3 is 0 Å². The Bertz CT molecular complexity index is 449. The van der Waals surface area contributed by atoms with E-state index in [-0.39, 0.29) is 11.8 Å². The molecule has 1 saturated heterocycles. The number of nitrogens with one attached hydrogen (secondary N) is 1. The molecule has 19 heavy (non-hydrogen) atoms. The number of carbonyl (C=O) groups excluding carboxylic acids is 1. The maximum atomic E-state index is 11.2. The molecular weight excluding hydrogens is 258 g/mol. The van der Waals surface area contributed by atoms with E-state index in [1.807, 2.05) is 23.1 Å². The number of carbonyl (C=O) groups is 1. The van der Waals surface area contributed by atoms with Crippen LogP contribution in [0, 0.1) is 5.92 Å². The zero-order valence-corrected chi connectivity index (χ0v) is 11.7. The quantitative estimate of drug-likeness (QED) is 0.817. The molecule has 4 nitrogen and oxygen atoms in total. The van der Waals surface area contributed by atoms with E-state index >= 15 is 0 Å². The number of primary amides is 1. The van der Waals surface area contributed by atoms with Crippen molar-refractivity contribution in [2.45, 2.75) is 19.4 Å². The molecule has 102 valence electrons. The normalized spacial score (nSPS) is 18.9. The molecule has 1 aromatic carbocycles. The van der Waals surface area contributed by atoms with Crippen molar-refractivity contribution < 1.29 is 4.79 Å². The summed E-state index contributed by atoms with van der Waals surface area (Å²) in [6, 6.07) is 10.1. The van der Waals surface area contributed by atoms with E-state index in [0.29, 0.717) is 18.2 Å². The van der Waals surface area contributed by atoms with Gasteiger partial charge in [0.25, 0.3) is 0 Å². The van der Waals surface area contributed by atoms with Gasteiger partial charge in [0.15, 0.2) is 5.11 Å². The summed E-state index contributed by atoms with van der Waals surface area (Å²) in [5.74, 6) is -0.305. The first-order chi connectivity index (χ1) is 9.16. The Morgan fingerprint density at radius 1 is 1.42 bits per heavy atom. The van der Waals surface area contributed by atoms with Gasteiger partial charge < -0.3 is 16.0 Å². The first-order valence-electron chi connectivity index (χ1n) is 6.53. The van der Waals surface area contributed by atoms with Crippen LogP contribution in [0.15, 0.2) is 30.3 Å². The van der Waals surface area contributed by atoms with Gasteiger partial charge in [-0.25, -0.2) is 0 Å². The highest BCUT2D eigenvalue weighted by molar-refractivity contribution is 7.80. The van der Waals surface area contributed by atoms with Gasteiger partial charge in [0.1, 0.15) is 0 Å². The molecule has 1 fully saturated rings. The third-order valence-electron chi connectivity index (χ3n) is 3.40. The summed E-state index contributed by atoms with van der Waals surface area (Å²) in [4.78, 5) is 13.3. The Labute approximate surface area is 119 Å². The average molecular weight is 277 g/mol. The van der Waals surface area contributed by atoms with E-state index in [0.717, 1.165) is 19.4 Å². The standard InChI is InChI=1S/C14H19N3OS/c15-13(18)12-7-4-8-17(10-12)14(19)16-9-11-5-2-1-3-6-11/h1-3,5-6,12H,4,7-10H2,(H2,15,18)(H,16,19)/t12-/m0/s1. The van der Waals surface area contributed by atoms with E-state index < -0.39 is 0 Å². The van der Waals surface area contributed by atoms with Crippen LogP contribution in [0.25, 0.3) is 0 Å². The van der Waals surface area contributed by atoms with Gasteiger partial charge in [-0.15, -0.1) is 0 Å². The Balaban J connectivity index is 1.84. The summed E-state index contributed by atoms with van der Waals surface area (Å²) in [6.45, 7) is 2.23. The number of nitrogens with zero attached hydrogens (tertiary/aromatic N) is 1. The molecule has 1 aromatic rings. The van der Waals surface area contributed by atoms with Crippen LogP contribution >= 0.6 is 12.2 Å². The van der Waals surface area contributed by atoms with Gasteiger partial charge in [-0.1, -0.05) is 30.3 Å². The van der Waals surface area contributed by atoms with E-state index in [9.17, 15) is 4.79 Å². The van der Waals surface area contributed by atoms with Gasteiger partial charge in [-0.2, -0.15) is 0 Å². The fourth-order valence-corrected chi connectivity index (χ4v) is 2.52. The molecule has 1 atom stereocenters. The lowest BCUT2D eigenvalue weighted by atomic mass is 9.98. The second-order valence-electron chi connectivity index (χ2n) is 4.83. The number of piperidine rings is 1. The molecule has 0 aromatic heterocycles.